The Bertz CT molecular complexity index is 391. The number of hydrogen-bond donors (Lipinski definition) is 2. The third-order valence-corrected chi connectivity index (χ3v) is 2.54. The smallest absolute Gasteiger partial charge is 0.318 e. The average Bonchev–Trinajstić information content (AvgIpc) is 2.32. The molecule has 1 rings (SSSR count). The number of unbranched alkanes of at least 4 members (excludes halogenated alkanes) is 1. The number of carbonyl (C=O) groups excluding carboxylic acids is 1. The SMILES string of the molecule is CCCCNC(=O)N/C=C/c1ccccc1Cl. The molecule has 0 aliphatic rings. The van der Waals surface area contributed by atoms with Crippen LogP contribution >= 0.6 is 11.6 Å². The van der Waals surface area contributed by atoms with Gasteiger partial charge in [0.05, 0.1) is 0 Å². The second-order valence-corrected chi connectivity index (χ2v) is 4.02. The lowest BCUT2D eigenvalue weighted by atomic mass is 10.2. The normalized spacial score (nSPS) is 10.5. The summed E-state index contributed by atoms with van der Waals surface area (Å²) in [6, 6.07) is 7.26. The summed E-state index contributed by atoms with van der Waals surface area (Å²) in [5, 5.41) is 6.04. The molecule has 0 radical (unpaired) electrons. The Hall–Kier alpha value is -1.48. The van der Waals surface area contributed by atoms with Crippen LogP contribution < -0.4 is 10.6 Å². The zero-order valence-corrected chi connectivity index (χ0v) is 10.6. The zero-order chi connectivity index (χ0) is 12.5. The number of nitrogens with one attached hydrogen (secondary N) is 2. The Kier molecular flexibility index (Phi) is 6.18. The minimum Gasteiger partial charge on any atom is -0.338 e. The first kappa shape index (κ1) is 13.6. The zero-order valence-electron chi connectivity index (χ0n) is 9.87. The topological polar surface area (TPSA) is 41.1 Å². The van der Waals surface area contributed by atoms with E-state index in [0.717, 1.165) is 18.4 Å². The molecular formula is C13H17ClN2O. The van der Waals surface area contributed by atoms with Crippen LogP contribution in [0.2, 0.25) is 5.02 Å². The molecule has 0 saturated carbocycles. The first-order chi connectivity index (χ1) is 8.24. The van der Waals surface area contributed by atoms with Crippen LogP contribution in [0.15, 0.2) is 30.5 Å². The van der Waals surface area contributed by atoms with Gasteiger partial charge in [0.15, 0.2) is 0 Å². The van der Waals surface area contributed by atoms with Crippen molar-refractivity contribution < 1.29 is 4.79 Å². The van der Waals surface area contributed by atoms with Crippen molar-refractivity contribution in [2.45, 2.75) is 19.8 Å². The Morgan fingerprint density at radius 2 is 2.18 bits per heavy atom. The molecule has 0 aliphatic heterocycles. The van der Waals surface area contributed by atoms with Crippen LogP contribution in [0.5, 0.6) is 0 Å². The van der Waals surface area contributed by atoms with E-state index in [1.54, 1.807) is 12.3 Å². The van der Waals surface area contributed by atoms with Crippen molar-refractivity contribution in [3.05, 3.63) is 41.1 Å². The van der Waals surface area contributed by atoms with Gasteiger partial charge in [-0.15, -0.1) is 0 Å². The van der Waals surface area contributed by atoms with Gasteiger partial charge in [-0.3, -0.25) is 0 Å². The van der Waals surface area contributed by atoms with Gasteiger partial charge in [0, 0.05) is 17.8 Å². The molecular weight excluding hydrogens is 236 g/mol. The van der Waals surface area contributed by atoms with E-state index in [0.29, 0.717) is 11.6 Å². The van der Waals surface area contributed by atoms with Crippen LogP contribution in [0.1, 0.15) is 25.3 Å². The van der Waals surface area contributed by atoms with E-state index in [9.17, 15) is 4.79 Å². The average molecular weight is 253 g/mol. The van der Waals surface area contributed by atoms with Crippen LogP contribution in [0, 0.1) is 0 Å². The molecule has 17 heavy (non-hydrogen) atoms. The van der Waals surface area contributed by atoms with Gasteiger partial charge in [-0.1, -0.05) is 43.1 Å². The number of hydrogen-bond acceptors (Lipinski definition) is 1. The van der Waals surface area contributed by atoms with Gasteiger partial charge >= 0.3 is 6.03 Å². The maximum atomic E-state index is 11.3. The van der Waals surface area contributed by atoms with Gasteiger partial charge in [0.1, 0.15) is 0 Å². The van der Waals surface area contributed by atoms with Gasteiger partial charge < -0.3 is 10.6 Å². The molecule has 1 aromatic rings. The van der Waals surface area contributed by atoms with Crippen molar-refractivity contribution >= 4 is 23.7 Å². The Morgan fingerprint density at radius 1 is 1.41 bits per heavy atom. The quantitative estimate of drug-likeness (QED) is 0.775. The highest BCUT2D eigenvalue weighted by Crippen LogP contribution is 2.15. The maximum Gasteiger partial charge on any atom is 0.318 e. The number of rotatable bonds is 5. The number of carbonyl (C=O) groups is 1. The third-order valence-electron chi connectivity index (χ3n) is 2.20. The molecule has 1 aromatic carbocycles. The van der Waals surface area contributed by atoms with E-state index >= 15 is 0 Å². The van der Waals surface area contributed by atoms with Crippen molar-refractivity contribution in [2.75, 3.05) is 6.54 Å². The van der Waals surface area contributed by atoms with Crippen molar-refractivity contribution in [1.82, 2.24) is 10.6 Å². The van der Waals surface area contributed by atoms with Gasteiger partial charge in [0.2, 0.25) is 0 Å². The Morgan fingerprint density at radius 3 is 2.88 bits per heavy atom. The lowest BCUT2D eigenvalue weighted by Gasteiger charge is -2.03. The molecule has 0 aliphatic carbocycles. The number of amides is 2. The van der Waals surface area contributed by atoms with Crippen LogP contribution in [0.25, 0.3) is 6.08 Å². The highest BCUT2D eigenvalue weighted by atomic mass is 35.5. The van der Waals surface area contributed by atoms with E-state index in [1.165, 1.54) is 0 Å². The second kappa shape index (κ2) is 7.74. The molecule has 0 saturated heterocycles. The van der Waals surface area contributed by atoms with Crippen molar-refractivity contribution in [1.29, 1.82) is 0 Å². The van der Waals surface area contributed by atoms with E-state index in [1.807, 2.05) is 24.3 Å². The Labute approximate surface area is 107 Å². The van der Waals surface area contributed by atoms with E-state index in [2.05, 4.69) is 17.6 Å². The van der Waals surface area contributed by atoms with Crippen molar-refractivity contribution in [2.24, 2.45) is 0 Å². The molecule has 0 bridgehead atoms. The predicted octanol–water partition coefficient (Wildman–Crippen LogP) is 3.41. The van der Waals surface area contributed by atoms with Gasteiger partial charge in [-0.05, 0) is 24.1 Å². The number of benzene rings is 1. The molecule has 0 spiro atoms. The first-order valence-corrected chi connectivity index (χ1v) is 6.07. The maximum absolute atomic E-state index is 11.3. The van der Waals surface area contributed by atoms with Crippen molar-refractivity contribution in [3.63, 3.8) is 0 Å². The minimum atomic E-state index is -0.193. The summed E-state index contributed by atoms with van der Waals surface area (Å²) in [6.07, 6.45) is 5.40. The fourth-order valence-electron chi connectivity index (χ4n) is 1.25. The molecule has 0 heterocycles. The fraction of sp³-hybridized carbons (Fsp3) is 0.308. The summed E-state index contributed by atoms with van der Waals surface area (Å²) in [5.41, 5.74) is 0.878. The lowest BCUT2D eigenvalue weighted by molar-refractivity contribution is 0.244. The number of urea groups is 1. The molecule has 2 N–H and O–H groups in total. The van der Waals surface area contributed by atoms with Crippen LogP contribution in [0.4, 0.5) is 4.79 Å². The standard InChI is InChI=1S/C13H17ClN2O/c1-2-3-9-15-13(17)16-10-8-11-6-4-5-7-12(11)14/h4-8,10H,2-3,9H2,1H3,(H2,15,16,17)/b10-8+. The number of halogens is 1. The van der Waals surface area contributed by atoms with Crippen LogP contribution in [-0.4, -0.2) is 12.6 Å². The molecule has 2 amide bonds. The minimum absolute atomic E-state index is 0.193. The molecule has 3 nitrogen and oxygen atoms in total. The third kappa shape index (κ3) is 5.41. The highest BCUT2D eigenvalue weighted by molar-refractivity contribution is 6.32. The lowest BCUT2D eigenvalue weighted by Crippen LogP contribution is -2.32. The predicted molar refractivity (Wildman–Crippen MR) is 71.9 cm³/mol. The van der Waals surface area contributed by atoms with E-state index < -0.39 is 0 Å². The van der Waals surface area contributed by atoms with Crippen LogP contribution in [-0.2, 0) is 0 Å². The molecule has 0 aromatic heterocycles. The molecule has 0 unspecified atom stereocenters. The summed E-state index contributed by atoms with van der Waals surface area (Å²) in [6.45, 7) is 2.78. The van der Waals surface area contributed by atoms with Gasteiger partial charge in [-0.25, -0.2) is 4.79 Å². The highest BCUT2D eigenvalue weighted by Gasteiger charge is 1.96. The molecule has 4 heteroatoms. The Balaban J connectivity index is 2.35. The first-order valence-electron chi connectivity index (χ1n) is 5.69. The van der Waals surface area contributed by atoms with Crippen molar-refractivity contribution in [3.8, 4) is 0 Å². The van der Waals surface area contributed by atoms with Gasteiger partial charge in [0.25, 0.3) is 0 Å². The second-order valence-electron chi connectivity index (χ2n) is 3.61. The molecule has 0 atom stereocenters. The summed E-state index contributed by atoms with van der Waals surface area (Å²) < 4.78 is 0. The van der Waals surface area contributed by atoms with Crippen LogP contribution in [0.3, 0.4) is 0 Å². The molecule has 0 fully saturated rings. The molecule has 92 valence electrons. The fourth-order valence-corrected chi connectivity index (χ4v) is 1.45. The van der Waals surface area contributed by atoms with Gasteiger partial charge in [-0.2, -0.15) is 0 Å². The van der Waals surface area contributed by atoms with E-state index in [-0.39, 0.29) is 6.03 Å². The largest absolute Gasteiger partial charge is 0.338 e. The monoisotopic (exact) mass is 252 g/mol. The summed E-state index contributed by atoms with van der Waals surface area (Å²) in [7, 11) is 0. The summed E-state index contributed by atoms with van der Waals surface area (Å²) in [4.78, 5) is 11.3. The summed E-state index contributed by atoms with van der Waals surface area (Å²) >= 11 is 5.96. The summed E-state index contributed by atoms with van der Waals surface area (Å²) in [5.74, 6) is 0. The van der Waals surface area contributed by atoms with E-state index in [4.69, 9.17) is 11.6 Å².